The number of sulfone groups is 1. The van der Waals surface area contributed by atoms with Gasteiger partial charge in [0.2, 0.25) is 17.4 Å². The standard InChI is InChI=1S/C31H42N6O5S/c1-21(2)33-29(38)22-7-11-24(12-8-22)37-27-19-28(42-18-17-36-15-5-4-6-16-36)32-20-26(27)34-31(37)35-30(39)23-9-13-25(14-10-23)43(3,40)41/h9-10,13-14,19-22,24H,4-8,11-12,15-18H2,1-3H3,(H,33,38)(H,34,35,39)/t22-,24+. The number of piperidine rings is 1. The van der Waals surface area contributed by atoms with E-state index in [-0.39, 0.29) is 34.4 Å². The van der Waals surface area contributed by atoms with Gasteiger partial charge in [0.05, 0.1) is 22.1 Å². The number of fused-ring (bicyclic) bond motifs is 1. The van der Waals surface area contributed by atoms with E-state index in [2.05, 4.69) is 25.2 Å². The maximum absolute atomic E-state index is 13.2. The van der Waals surface area contributed by atoms with Crippen molar-refractivity contribution in [2.24, 2.45) is 10.9 Å². The number of aromatic amines is 1. The number of rotatable bonds is 9. The zero-order chi connectivity index (χ0) is 30.6. The van der Waals surface area contributed by atoms with Crippen molar-refractivity contribution in [3.8, 4) is 5.88 Å². The SMILES string of the molecule is CC(C)NC(=O)[C@H]1CC[C@@H](n2/c(=N/C(=O)c3ccc(S(C)(=O)=O)cc3)[nH]c3cnc(OCCN4CCCCC4)cc32)CC1. The average molecular weight is 611 g/mol. The molecule has 2 N–H and O–H groups in total. The zero-order valence-electron chi connectivity index (χ0n) is 25.2. The Balaban J connectivity index is 1.43. The molecule has 232 valence electrons. The molecule has 0 radical (unpaired) electrons. The van der Waals surface area contributed by atoms with Crippen LogP contribution in [-0.4, -0.2) is 78.2 Å². The molecular formula is C31H42N6O5S. The van der Waals surface area contributed by atoms with Crippen molar-refractivity contribution in [3.63, 3.8) is 0 Å². The largest absolute Gasteiger partial charge is 0.476 e. The lowest BCUT2D eigenvalue weighted by Gasteiger charge is -2.29. The van der Waals surface area contributed by atoms with Crippen molar-refractivity contribution in [2.75, 3.05) is 32.5 Å². The lowest BCUT2D eigenvalue weighted by molar-refractivity contribution is -0.126. The number of pyridine rings is 1. The molecule has 3 aromatic rings. The highest BCUT2D eigenvalue weighted by Gasteiger charge is 2.29. The maximum atomic E-state index is 13.2. The molecule has 43 heavy (non-hydrogen) atoms. The molecule has 0 unspecified atom stereocenters. The molecule has 5 rings (SSSR count). The molecule has 2 fully saturated rings. The van der Waals surface area contributed by atoms with Crippen LogP contribution in [0.15, 0.2) is 46.4 Å². The van der Waals surface area contributed by atoms with Gasteiger partial charge in [0.25, 0.3) is 5.91 Å². The first-order valence-electron chi connectivity index (χ1n) is 15.2. The lowest BCUT2D eigenvalue weighted by atomic mass is 9.85. The lowest BCUT2D eigenvalue weighted by Crippen LogP contribution is -2.38. The first kappa shape index (κ1) is 30.9. The topological polar surface area (TPSA) is 139 Å². The van der Waals surface area contributed by atoms with Crippen molar-refractivity contribution in [2.45, 2.75) is 75.8 Å². The van der Waals surface area contributed by atoms with Gasteiger partial charge in [-0.2, -0.15) is 4.99 Å². The van der Waals surface area contributed by atoms with E-state index in [9.17, 15) is 18.0 Å². The highest BCUT2D eigenvalue weighted by atomic mass is 32.2. The number of carbonyl (C=O) groups is 2. The summed E-state index contributed by atoms with van der Waals surface area (Å²) in [6.07, 6.45) is 9.53. The fourth-order valence-corrected chi connectivity index (χ4v) is 6.64. The van der Waals surface area contributed by atoms with Crippen molar-refractivity contribution < 1.29 is 22.7 Å². The number of nitrogens with one attached hydrogen (secondary N) is 2. The number of likely N-dealkylation sites (tertiary alicyclic amines) is 1. The third-order valence-electron chi connectivity index (χ3n) is 8.30. The Bertz CT molecular complexity index is 1610. The minimum absolute atomic E-state index is 0.0135. The van der Waals surface area contributed by atoms with Gasteiger partial charge in [-0.15, -0.1) is 0 Å². The van der Waals surface area contributed by atoms with Crippen LogP contribution in [0.2, 0.25) is 0 Å². The quantitative estimate of drug-likeness (QED) is 0.377. The van der Waals surface area contributed by atoms with Crippen LogP contribution in [0.1, 0.15) is 75.2 Å². The van der Waals surface area contributed by atoms with Crippen molar-refractivity contribution >= 4 is 32.7 Å². The number of hydrogen-bond acceptors (Lipinski definition) is 7. The molecule has 11 nitrogen and oxygen atoms in total. The van der Waals surface area contributed by atoms with Crippen LogP contribution in [0, 0.1) is 5.92 Å². The second-order valence-corrected chi connectivity index (χ2v) is 14.0. The summed E-state index contributed by atoms with van der Waals surface area (Å²) in [6.45, 7) is 7.51. The van der Waals surface area contributed by atoms with Crippen molar-refractivity contribution in [1.82, 2.24) is 24.8 Å². The van der Waals surface area contributed by atoms with Crippen LogP contribution in [0.4, 0.5) is 0 Å². The zero-order valence-corrected chi connectivity index (χ0v) is 26.0. The number of benzene rings is 1. The van der Waals surface area contributed by atoms with Crippen LogP contribution < -0.4 is 15.7 Å². The van der Waals surface area contributed by atoms with Crippen LogP contribution in [0.25, 0.3) is 11.0 Å². The van der Waals surface area contributed by atoms with E-state index >= 15 is 0 Å². The molecule has 3 heterocycles. The van der Waals surface area contributed by atoms with Crippen LogP contribution >= 0.6 is 0 Å². The van der Waals surface area contributed by atoms with E-state index in [0.29, 0.717) is 18.1 Å². The van der Waals surface area contributed by atoms with Gasteiger partial charge in [-0.1, -0.05) is 6.42 Å². The molecule has 2 amide bonds. The van der Waals surface area contributed by atoms with Crippen LogP contribution in [0.3, 0.4) is 0 Å². The van der Waals surface area contributed by atoms with Gasteiger partial charge in [0, 0.05) is 42.4 Å². The van der Waals surface area contributed by atoms with Gasteiger partial charge in [0.15, 0.2) is 9.84 Å². The Morgan fingerprint density at radius 1 is 1.09 bits per heavy atom. The molecule has 2 aliphatic rings. The summed E-state index contributed by atoms with van der Waals surface area (Å²) in [4.78, 5) is 40.7. The predicted octanol–water partition coefficient (Wildman–Crippen LogP) is 3.63. The number of carbonyl (C=O) groups excluding carboxylic acids is 2. The van der Waals surface area contributed by atoms with Crippen molar-refractivity contribution in [3.05, 3.63) is 47.7 Å². The molecule has 0 spiro atoms. The Labute approximate surface area is 252 Å². The van der Waals surface area contributed by atoms with E-state index in [1.54, 1.807) is 6.20 Å². The summed E-state index contributed by atoms with van der Waals surface area (Å²) in [7, 11) is -3.38. The Morgan fingerprint density at radius 2 is 1.79 bits per heavy atom. The van der Waals surface area contributed by atoms with Gasteiger partial charge in [-0.05, 0) is 89.7 Å². The Hall–Kier alpha value is -3.51. The fraction of sp³-hybridized carbons (Fsp3) is 0.548. The summed E-state index contributed by atoms with van der Waals surface area (Å²) >= 11 is 0. The predicted molar refractivity (Wildman–Crippen MR) is 164 cm³/mol. The summed E-state index contributed by atoms with van der Waals surface area (Å²) in [5.74, 6) is 0.0617. The van der Waals surface area contributed by atoms with Crippen LogP contribution in [-0.2, 0) is 14.6 Å². The second-order valence-electron chi connectivity index (χ2n) is 12.0. The first-order chi connectivity index (χ1) is 20.6. The first-order valence-corrected chi connectivity index (χ1v) is 17.1. The van der Waals surface area contributed by atoms with Crippen LogP contribution in [0.5, 0.6) is 5.88 Å². The molecule has 0 atom stereocenters. The third-order valence-corrected chi connectivity index (χ3v) is 9.43. The van der Waals surface area contributed by atoms with E-state index < -0.39 is 15.7 Å². The van der Waals surface area contributed by atoms with Gasteiger partial charge in [-0.3, -0.25) is 14.5 Å². The summed E-state index contributed by atoms with van der Waals surface area (Å²) < 4.78 is 31.8. The minimum atomic E-state index is -3.38. The molecular weight excluding hydrogens is 568 g/mol. The normalized spacial score (nSPS) is 20.4. The van der Waals surface area contributed by atoms with E-state index in [4.69, 9.17) is 4.74 Å². The molecule has 12 heteroatoms. The highest BCUT2D eigenvalue weighted by molar-refractivity contribution is 7.90. The molecule has 2 aromatic heterocycles. The number of imidazole rings is 1. The van der Waals surface area contributed by atoms with E-state index in [1.165, 1.54) is 43.5 Å². The smallest absolute Gasteiger partial charge is 0.280 e. The maximum Gasteiger partial charge on any atom is 0.280 e. The minimum Gasteiger partial charge on any atom is -0.476 e. The summed E-state index contributed by atoms with van der Waals surface area (Å²) in [5.41, 5.74) is 2.22. The molecule has 1 saturated heterocycles. The van der Waals surface area contributed by atoms with E-state index in [0.717, 1.165) is 62.6 Å². The fourth-order valence-electron chi connectivity index (χ4n) is 6.01. The number of H-pyrrole nitrogens is 1. The number of aromatic nitrogens is 3. The summed E-state index contributed by atoms with van der Waals surface area (Å²) in [6, 6.07) is 7.78. The number of amides is 2. The highest BCUT2D eigenvalue weighted by Crippen LogP contribution is 2.34. The molecule has 1 aromatic carbocycles. The molecule has 1 aliphatic heterocycles. The number of nitrogens with zero attached hydrogens (tertiary/aromatic N) is 4. The Kier molecular flexibility index (Phi) is 9.65. The number of ether oxygens (including phenoxy) is 1. The van der Waals surface area contributed by atoms with Crippen molar-refractivity contribution in [1.29, 1.82) is 0 Å². The van der Waals surface area contributed by atoms with Gasteiger partial charge in [0.1, 0.15) is 6.61 Å². The Morgan fingerprint density at radius 3 is 2.44 bits per heavy atom. The van der Waals surface area contributed by atoms with E-state index in [1.807, 2.05) is 24.5 Å². The molecule has 0 bridgehead atoms. The third kappa shape index (κ3) is 7.72. The molecule has 1 saturated carbocycles. The summed E-state index contributed by atoms with van der Waals surface area (Å²) in [5, 5.41) is 3.03. The monoisotopic (exact) mass is 610 g/mol. The van der Waals surface area contributed by atoms with Gasteiger partial charge >= 0.3 is 0 Å². The second kappa shape index (κ2) is 13.4. The van der Waals surface area contributed by atoms with Gasteiger partial charge < -0.3 is 19.6 Å². The average Bonchev–Trinajstić information content (AvgIpc) is 3.34. The van der Waals surface area contributed by atoms with Gasteiger partial charge in [-0.25, -0.2) is 13.4 Å². The molecule has 1 aliphatic carbocycles. The number of hydrogen-bond donors (Lipinski definition) is 2.